The SMILES string of the molecule is CC(NC(=O)c1ccncc1/C=C/C(=O)O)C1CCC1. The highest BCUT2D eigenvalue weighted by molar-refractivity contribution is 5.98. The number of carboxylic acids is 1. The second-order valence-electron chi connectivity index (χ2n) is 5.09. The number of hydrogen-bond donors (Lipinski definition) is 2. The van der Waals surface area contributed by atoms with Gasteiger partial charge >= 0.3 is 5.97 Å². The summed E-state index contributed by atoms with van der Waals surface area (Å²) in [5, 5.41) is 11.6. The van der Waals surface area contributed by atoms with Gasteiger partial charge in [-0.05, 0) is 37.8 Å². The lowest BCUT2D eigenvalue weighted by Crippen LogP contribution is -2.40. The van der Waals surface area contributed by atoms with E-state index in [0.717, 1.165) is 18.9 Å². The van der Waals surface area contributed by atoms with E-state index in [1.165, 1.54) is 24.9 Å². The zero-order valence-corrected chi connectivity index (χ0v) is 11.4. The summed E-state index contributed by atoms with van der Waals surface area (Å²) in [6, 6.07) is 1.74. The fourth-order valence-corrected chi connectivity index (χ4v) is 2.25. The lowest BCUT2D eigenvalue weighted by Gasteiger charge is -2.32. The number of nitrogens with zero attached hydrogens (tertiary/aromatic N) is 1. The van der Waals surface area contributed by atoms with Crippen molar-refractivity contribution in [3.63, 3.8) is 0 Å². The largest absolute Gasteiger partial charge is 0.478 e. The standard InChI is InChI=1S/C15H18N2O3/c1-10(11-3-2-4-11)17-15(20)13-7-8-16-9-12(13)5-6-14(18)19/h5-11H,2-4H2,1H3,(H,17,20)(H,18,19)/b6-5+. The van der Waals surface area contributed by atoms with Gasteiger partial charge in [-0.15, -0.1) is 0 Å². The summed E-state index contributed by atoms with van der Waals surface area (Å²) in [4.78, 5) is 26.7. The van der Waals surface area contributed by atoms with Gasteiger partial charge in [-0.3, -0.25) is 9.78 Å². The number of rotatable bonds is 5. The van der Waals surface area contributed by atoms with Gasteiger partial charge in [0, 0.05) is 35.6 Å². The highest BCUT2D eigenvalue weighted by atomic mass is 16.4. The number of carbonyl (C=O) groups is 2. The summed E-state index contributed by atoms with van der Waals surface area (Å²) in [7, 11) is 0. The number of aliphatic carboxylic acids is 1. The molecule has 0 aromatic carbocycles. The molecule has 0 aliphatic heterocycles. The lowest BCUT2D eigenvalue weighted by atomic mass is 9.80. The Kier molecular flexibility index (Phi) is 4.50. The molecule has 0 radical (unpaired) electrons. The van der Waals surface area contributed by atoms with Crippen molar-refractivity contribution in [1.82, 2.24) is 10.3 Å². The van der Waals surface area contributed by atoms with Crippen molar-refractivity contribution in [2.75, 3.05) is 0 Å². The average Bonchev–Trinajstić information content (AvgIpc) is 2.34. The summed E-state index contributed by atoms with van der Waals surface area (Å²) < 4.78 is 0. The molecule has 1 unspecified atom stereocenters. The van der Waals surface area contributed by atoms with Crippen LogP contribution in [0, 0.1) is 5.92 Å². The third-order valence-corrected chi connectivity index (χ3v) is 3.72. The van der Waals surface area contributed by atoms with Crippen LogP contribution in [0.1, 0.15) is 42.1 Å². The van der Waals surface area contributed by atoms with Crippen molar-refractivity contribution < 1.29 is 14.7 Å². The molecule has 1 aromatic heterocycles. The van der Waals surface area contributed by atoms with Crippen molar-refractivity contribution in [2.45, 2.75) is 32.2 Å². The van der Waals surface area contributed by atoms with Crippen LogP contribution in [0.3, 0.4) is 0 Å². The maximum atomic E-state index is 12.2. The number of carboxylic acid groups (broad SMARTS) is 1. The minimum atomic E-state index is -1.05. The number of amides is 1. The van der Waals surface area contributed by atoms with Gasteiger partial charge in [-0.25, -0.2) is 4.79 Å². The molecule has 1 atom stereocenters. The lowest BCUT2D eigenvalue weighted by molar-refractivity contribution is -0.131. The van der Waals surface area contributed by atoms with Crippen LogP contribution in [0.4, 0.5) is 0 Å². The molecule has 0 spiro atoms. The molecule has 1 aromatic rings. The Morgan fingerprint density at radius 1 is 1.50 bits per heavy atom. The summed E-state index contributed by atoms with van der Waals surface area (Å²) in [6.07, 6.45) is 8.95. The highest BCUT2D eigenvalue weighted by Crippen LogP contribution is 2.29. The second-order valence-corrected chi connectivity index (χ2v) is 5.09. The third-order valence-electron chi connectivity index (χ3n) is 3.72. The van der Waals surface area contributed by atoms with Crippen LogP contribution in [-0.2, 0) is 4.79 Å². The Morgan fingerprint density at radius 2 is 2.25 bits per heavy atom. The second kappa shape index (κ2) is 6.32. The molecule has 1 aliphatic carbocycles. The molecular formula is C15H18N2O3. The molecule has 0 saturated heterocycles. The molecule has 1 fully saturated rings. The van der Waals surface area contributed by atoms with Crippen LogP contribution in [0.25, 0.3) is 6.08 Å². The van der Waals surface area contributed by atoms with Gasteiger partial charge in [0.25, 0.3) is 5.91 Å². The Balaban J connectivity index is 2.10. The molecule has 20 heavy (non-hydrogen) atoms. The van der Waals surface area contributed by atoms with E-state index in [-0.39, 0.29) is 11.9 Å². The Morgan fingerprint density at radius 3 is 2.85 bits per heavy atom. The van der Waals surface area contributed by atoms with Crippen molar-refractivity contribution in [2.24, 2.45) is 5.92 Å². The predicted octanol–water partition coefficient (Wildman–Crippen LogP) is 2.10. The quantitative estimate of drug-likeness (QED) is 0.806. The molecule has 2 rings (SSSR count). The van der Waals surface area contributed by atoms with E-state index in [2.05, 4.69) is 10.3 Å². The van der Waals surface area contributed by atoms with Crippen LogP contribution >= 0.6 is 0 Å². The maximum absolute atomic E-state index is 12.2. The first kappa shape index (κ1) is 14.2. The zero-order chi connectivity index (χ0) is 14.5. The Hall–Kier alpha value is -2.17. The predicted molar refractivity (Wildman–Crippen MR) is 75.2 cm³/mol. The number of hydrogen-bond acceptors (Lipinski definition) is 3. The monoisotopic (exact) mass is 274 g/mol. The van der Waals surface area contributed by atoms with Crippen molar-refractivity contribution >= 4 is 18.0 Å². The normalized spacial score (nSPS) is 16.6. The Bertz CT molecular complexity index is 536. The summed E-state index contributed by atoms with van der Waals surface area (Å²) in [5.74, 6) is -0.682. The van der Waals surface area contributed by atoms with Gasteiger partial charge in [-0.1, -0.05) is 6.42 Å². The van der Waals surface area contributed by atoms with E-state index in [1.54, 1.807) is 6.07 Å². The number of carbonyl (C=O) groups excluding carboxylic acids is 1. The van der Waals surface area contributed by atoms with Crippen molar-refractivity contribution in [1.29, 1.82) is 0 Å². The maximum Gasteiger partial charge on any atom is 0.328 e. The third kappa shape index (κ3) is 3.44. The molecular weight excluding hydrogens is 256 g/mol. The molecule has 5 nitrogen and oxygen atoms in total. The van der Waals surface area contributed by atoms with E-state index in [4.69, 9.17) is 5.11 Å². The Labute approximate surface area is 117 Å². The van der Waals surface area contributed by atoms with Gasteiger partial charge in [-0.2, -0.15) is 0 Å². The summed E-state index contributed by atoms with van der Waals surface area (Å²) in [6.45, 7) is 2.01. The molecule has 1 saturated carbocycles. The fraction of sp³-hybridized carbons (Fsp3) is 0.400. The number of aromatic nitrogens is 1. The highest BCUT2D eigenvalue weighted by Gasteiger charge is 2.25. The minimum Gasteiger partial charge on any atom is -0.478 e. The molecule has 5 heteroatoms. The van der Waals surface area contributed by atoms with Gasteiger partial charge in [0.05, 0.1) is 0 Å². The van der Waals surface area contributed by atoms with E-state index in [0.29, 0.717) is 17.0 Å². The summed E-state index contributed by atoms with van der Waals surface area (Å²) in [5.41, 5.74) is 0.955. The van der Waals surface area contributed by atoms with Crippen LogP contribution in [-0.4, -0.2) is 28.0 Å². The van der Waals surface area contributed by atoms with E-state index in [9.17, 15) is 9.59 Å². The smallest absolute Gasteiger partial charge is 0.328 e. The molecule has 2 N–H and O–H groups in total. The topological polar surface area (TPSA) is 79.3 Å². The first-order valence-corrected chi connectivity index (χ1v) is 6.74. The van der Waals surface area contributed by atoms with E-state index in [1.807, 2.05) is 6.92 Å². The molecule has 1 amide bonds. The van der Waals surface area contributed by atoms with Gasteiger partial charge in [0.1, 0.15) is 0 Å². The van der Waals surface area contributed by atoms with Crippen molar-refractivity contribution in [3.05, 3.63) is 35.7 Å². The van der Waals surface area contributed by atoms with Gasteiger partial charge < -0.3 is 10.4 Å². The van der Waals surface area contributed by atoms with E-state index < -0.39 is 5.97 Å². The average molecular weight is 274 g/mol. The molecule has 1 heterocycles. The minimum absolute atomic E-state index is 0.140. The molecule has 1 aliphatic rings. The molecule has 0 bridgehead atoms. The fourth-order valence-electron chi connectivity index (χ4n) is 2.25. The van der Waals surface area contributed by atoms with Crippen LogP contribution < -0.4 is 5.32 Å². The van der Waals surface area contributed by atoms with Gasteiger partial charge in [0.15, 0.2) is 0 Å². The van der Waals surface area contributed by atoms with Crippen LogP contribution in [0.5, 0.6) is 0 Å². The zero-order valence-electron chi connectivity index (χ0n) is 11.4. The van der Waals surface area contributed by atoms with Gasteiger partial charge in [0.2, 0.25) is 0 Å². The van der Waals surface area contributed by atoms with Crippen LogP contribution in [0.2, 0.25) is 0 Å². The van der Waals surface area contributed by atoms with E-state index >= 15 is 0 Å². The van der Waals surface area contributed by atoms with Crippen LogP contribution in [0.15, 0.2) is 24.5 Å². The number of pyridine rings is 1. The summed E-state index contributed by atoms with van der Waals surface area (Å²) >= 11 is 0. The van der Waals surface area contributed by atoms with Crippen molar-refractivity contribution in [3.8, 4) is 0 Å². The molecule has 106 valence electrons. The first-order valence-electron chi connectivity index (χ1n) is 6.74. The number of nitrogens with one attached hydrogen (secondary N) is 1. The first-order chi connectivity index (χ1) is 9.58.